The number of benzene rings is 2. The molecule has 0 aromatic heterocycles. The van der Waals surface area contributed by atoms with E-state index in [4.69, 9.17) is 5.14 Å². The van der Waals surface area contributed by atoms with Crippen LogP contribution in [0.3, 0.4) is 0 Å². The van der Waals surface area contributed by atoms with Gasteiger partial charge in [-0.3, -0.25) is 10.1 Å². The number of nitrogens with two attached hydrogens (primary N) is 1. The highest BCUT2D eigenvalue weighted by Crippen LogP contribution is 2.37. The first kappa shape index (κ1) is 14.0. The summed E-state index contributed by atoms with van der Waals surface area (Å²) in [6, 6.07) is 12.7. The van der Waals surface area contributed by atoms with Crippen molar-refractivity contribution in [1.82, 2.24) is 0 Å². The van der Waals surface area contributed by atoms with Crippen LogP contribution in [0.5, 0.6) is 5.75 Å². The molecule has 0 unspecified atom stereocenters. The summed E-state index contributed by atoms with van der Waals surface area (Å²) < 4.78 is 26.4. The molecule has 104 valence electrons. The van der Waals surface area contributed by atoms with Gasteiger partial charge in [0.05, 0.1) is 10.5 Å². The Balaban J connectivity index is 2.65. The summed E-state index contributed by atoms with van der Waals surface area (Å²) in [6.45, 7) is 0. The van der Waals surface area contributed by atoms with Crippen LogP contribution in [0.1, 0.15) is 0 Å². The van der Waals surface area contributed by atoms with E-state index < -0.39 is 26.7 Å². The number of hydrogen-bond acceptors (Lipinski definition) is 5. The Bertz CT molecular complexity index is 744. The summed E-state index contributed by atoms with van der Waals surface area (Å²) in [5, 5.41) is 15.9. The summed E-state index contributed by atoms with van der Waals surface area (Å²) in [7, 11) is -4.34. The molecule has 2 N–H and O–H groups in total. The van der Waals surface area contributed by atoms with Gasteiger partial charge in [0.25, 0.3) is 0 Å². The molecule has 8 heteroatoms. The Labute approximate surface area is 115 Å². The van der Waals surface area contributed by atoms with Crippen LogP contribution in [0.2, 0.25) is 0 Å². The number of hydrogen-bond donors (Lipinski definition) is 1. The SMILES string of the molecule is NS(=O)(=O)Oc1cccc(-c2ccccc2)c1[N+](=O)[O-]. The van der Waals surface area contributed by atoms with Crippen molar-refractivity contribution in [3.8, 4) is 16.9 Å². The van der Waals surface area contributed by atoms with Crippen LogP contribution in [0.4, 0.5) is 5.69 Å². The summed E-state index contributed by atoms with van der Waals surface area (Å²) in [5.41, 5.74) is 0.364. The van der Waals surface area contributed by atoms with Crippen molar-refractivity contribution in [1.29, 1.82) is 0 Å². The van der Waals surface area contributed by atoms with Crippen LogP contribution in [0.15, 0.2) is 48.5 Å². The molecule has 20 heavy (non-hydrogen) atoms. The maximum Gasteiger partial charge on any atom is 0.380 e. The Morgan fingerprint density at radius 1 is 1.05 bits per heavy atom. The molecule has 2 aromatic rings. The van der Waals surface area contributed by atoms with Crippen molar-refractivity contribution >= 4 is 16.0 Å². The lowest BCUT2D eigenvalue weighted by Gasteiger charge is -2.07. The second-order valence-electron chi connectivity index (χ2n) is 3.85. The monoisotopic (exact) mass is 294 g/mol. The maximum absolute atomic E-state index is 11.2. The van der Waals surface area contributed by atoms with Gasteiger partial charge in [-0.1, -0.05) is 36.4 Å². The highest BCUT2D eigenvalue weighted by molar-refractivity contribution is 7.84. The van der Waals surface area contributed by atoms with Gasteiger partial charge in [-0.25, -0.2) is 0 Å². The molecular weight excluding hydrogens is 284 g/mol. The molecular formula is C12H10N2O5S. The Hall–Kier alpha value is -2.45. The minimum Gasteiger partial charge on any atom is -0.364 e. The van der Waals surface area contributed by atoms with E-state index in [2.05, 4.69) is 4.18 Å². The Kier molecular flexibility index (Phi) is 3.68. The first-order valence-electron chi connectivity index (χ1n) is 5.43. The van der Waals surface area contributed by atoms with E-state index >= 15 is 0 Å². The number of nitrogens with zero attached hydrogens (tertiary/aromatic N) is 1. The number of rotatable bonds is 4. The van der Waals surface area contributed by atoms with Crippen LogP contribution in [0, 0.1) is 10.1 Å². The molecule has 0 bridgehead atoms. The van der Waals surface area contributed by atoms with E-state index in [1.807, 2.05) is 0 Å². The molecule has 0 saturated carbocycles. The number of nitro benzene ring substituents is 1. The van der Waals surface area contributed by atoms with Crippen LogP contribution in [-0.2, 0) is 10.3 Å². The standard InChI is InChI=1S/C12H10N2O5S/c13-20(17,18)19-11-8-4-7-10(12(11)14(15)16)9-5-2-1-3-6-9/h1-8H,(H2,13,17,18). The zero-order valence-corrected chi connectivity index (χ0v) is 10.9. The van der Waals surface area contributed by atoms with Crippen molar-refractivity contribution in [3.05, 3.63) is 58.6 Å². The molecule has 0 aliphatic carbocycles. The molecule has 7 nitrogen and oxygen atoms in total. The molecule has 2 aromatic carbocycles. The lowest BCUT2D eigenvalue weighted by molar-refractivity contribution is -0.384. The molecule has 0 amide bonds. The Morgan fingerprint density at radius 3 is 2.25 bits per heavy atom. The van der Waals surface area contributed by atoms with E-state index in [1.165, 1.54) is 18.2 Å². The van der Waals surface area contributed by atoms with Gasteiger partial charge in [0, 0.05) is 0 Å². The highest BCUT2D eigenvalue weighted by atomic mass is 32.2. The smallest absolute Gasteiger partial charge is 0.364 e. The van der Waals surface area contributed by atoms with Gasteiger partial charge in [0.15, 0.2) is 0 Å². The maximum atomic E-state index is 11.2. The molecule has 0 aliphatic rings. The van der Waals surface area contributed by atoms with Gasteiger partial charge in [-0.15, -0.1) is 0 Å². The van der Waals surface area contributed by atoms with Crippen molar-refractivity contribution in [2.75, 3.05) is 0 Å². The fourth-order valence-corrected chi connectivity index (χ4v) is 2.14. The third-order valence-electron chi connectivity index (χ3n) is 2.47. The lowest BCUT2D eigenvalue weighted by Crippen LogP contribution is -2.19. The highest BCUT2D eigenvalue weighted by Gasteiger charge is 2.24. The first-order chi connectivity index (χ1) is 9.38. The summed E-state index contributed by atoms with van der Waals surface area (Å²) in [6.07, 6.45) is 0. The summed E-state index contributed by atoms with van der Waals surface area (Å²) >= 11 is 0. The van der Waals surface area contributed by atoms with E-state index in [0.717, 1.165) is 0 Å². The fraction of sp³-hybridized carbons (Fsp3) is 0. The fourth-order valence-electron chi connectivity index (χ4n) is 1.75. The topological polar surface area (TPSA) is 113 Å². The normalized spacial score (nSPS) is 11.1. The predicted octanol–water partition coefficient (Wildman–Crippen LogP) is 1.84. The summed E-state index contributed by atoms with van der Waals surface area (Å²) in [4.78, 5) is 10.5. The van der Waals surface area contributed by atoms with E-state index in [-0.39, 0.29) is 5.56 Å². The predicted molar refractivity (Wildman–Crippen MR) is 72.3 cm³/mol. The second kappa shape index (κ2) is 5.27. The average molecular weight is 294 g/mol. The third-order valence-corrected chi connectivity index (χ3v) is 2.88. The molecule has 0 saturated heterocycles. The van der Waals surface area contributed by atoms with E-state index in [1.54, 1.807) is 30.3 Å². The van der Waals surface area contributed by atoms with Crippen LogP contribution < -0.4 is 9.32 Å². The minimum atomic E-state index is -4.34. The van der Waals surface area contributed by atoms with E-state index in [9.17, 15) is 18.5 Å². The van der Waals surface area contributed by atoms with Gasteiger partial charge in [0.2, 0.25) is 5.75 Å². The van der Waals surface area contributed by atoms with Crippen molar-refractivity contribution < 1.29 is 17.5 Å². The average Bonchev–Trinajstić information content (AvgIpc) is 2.37. The quantitative estimate of drug-likeness (QED) is 0.683. The van der Waals surface area contributed by atoms with Gasteiger partial charge in [-0.2, -0.15) is 13.6 Å². The molecule has 0 fully saturated rings. The first-order valence-corrected chi connectivity index (χ1v) is 6.90. The Morgan fingerprint density at radius 2 is 1.70 bits per heavy atom. The zero-order valence-electron chi connectivity index (χ0n) is 10.1. The zero-order chi connectivity index (χ0) is 14.8. The minimum absolute atomic E-state index is 0.247. The lowest BCUT2D eigenvalue weighted by atomic mass is 10.0. The van der Waals surface area contributed by atoms with Crippen molar-refractivity contribution in [3.63, 3.8) is 0 Å². The van der Waals surface area contributed by atoms with Gasteiger partial charge in [0.1, 0.15) is 0 Å². The van der Waals surface area contributed by atoms with E-state index in [0.29, 0.717) is 5.56 Å². The summed E-state index contributed by atoms with van der Waals surface area (Å²) in [5.74, 6) is -0.418. The molecule has 0 radical (unpaired) electrons. The number of para-hydroxylation sites is 1. The van der Waals surface area contributed by atoms with Gasteiger partial charge >= 0.3 is 16.0 Å². The molecule has 0 aliphatic heterocycles. The number of nitro groups is 1. The largest absolute Gasteiger partial charge is 0.380 e. The third kappa shape index (κ3) is 3.11. The van der Waals surface area contributed by atoms with Crippen LogP contribution in [-0.4, -0.2) is 13.3 Å². The molecule has 0 spiro atoms. The molecule has 0 atom stereocenters. The second-order valence-corrected chi connectivity index (χ2v) is 5.00. The van der Waals surface area contributed by atoms with Gasteiger partial charge < -0.3 is 4.18 Å². The van der Waals surface area contributed by atoms with Gasteiger partial charge in [-0.05, 0) is 17.7 Å². The molecule has 2 rings (SSSR count). The van der Waals surface area contributed by atoms with Crippen LogP contribution >= 0.6 is 0 Å². The van der Waals surface area contributed by atoms with Crippen LogP contribution in [0.25, 0.3) is 11.1 Å². The molecule has 0 heterocycles. The van der Waals surface area contributed by atoms with Crippen molar-refractivity contribution in [2.24, 2.45) is 5.14 Å². The van der Waals surface area contributed by atoms with Crippen molar-refractivity contribution in [2.45, 2.75) is 0 Å².